The lowest BCUT2D eigenvalue weighted by molar-refractivity contribution is -0.634. The second-order valence-corrected chi connectivity index (χ2v) is 7.26. The van der Waals surface area contributed by atoms with Crippen molar-refractivity contribution in [1.29, 1.82) is 0 Å². The maximum atomic E-state index is 7.63. The zero-order chi connectivity index (χ0) is 19.8. The summed E-state index contributed by atoms with van der Waals surface area (Å²) in [5.74, 6) is 0. The molecule has 3 heteroatoms. The summed E-state index contributed by atoms with van der Waals surface area (Å²) >= 11 is 0. The summed E-state index contributed by atoms with van der Waals surface area (Å²) in [7, 11) is 2.11. The summed E-state index contributed by atoms with van der Waals surface area (Å²) in [4.78, 5) is 3.76. The number of nitrogens with zero attached hydrogens (tertiary/aromatic N) is 3. The third-order valence-electron chi connectivity index (χ3n) is 5.45. The molecule has 2 aromatic carbocycles. The predicted molar refractivity (Wildman–Crippen MR) is 113 cm³/mol. The minimum absolute atomic E-state index is 0.652. The smallest absolute Gasteiger partial charge is 0.214 e. The summed E-state index contributed by atoms with van der Waals surface area (Å²) < 4.78 is 4.40. The van der Waals surface area contributed by atoms with E-state index in [4.69, 9.17) is 6.57 Å². The molecule has 2 heterocycles. The van der Waals surface area contributed by atoms with Crippen LogP contribution in [0.3, 0.4) is 0 Å². The molecule has 2 aromatic heterocycles. The van der Waals surface area contributed by atoms with Gasteiger partial charge < -0.3 is 0 Å². The Morgan fingerprint density at radius 2 is 1.64 bits per heavy atom. The summed E-state index contributed by atoms with van der Waals surface area (Å²) in [6.45, 7) is 14.0. The van der Waals surface area contributed by atoms with Gasteiger partial charge in [-0.2, -0.15) is 9.13 Å². The van der Waals surface area contributed by atoms with Crippen molar-refractivity contribution >= 4 is 16.6 Å². The van der Waals surface area contributed by atoms with Gasteiger partial charge >= 0.3 is 0 Å². The molecule has 0 unspecified atom stereocenters. The lowest BCUT2D eigenvalue weighted by Gasteiger charge is -2.12. The Kier molecular flexibility index (Phi) is 4.41. The second-order valence-electron chi connectivity index (χ2n) is 7.26. The molecule has 0 aliphatic heterocycles. The highest BCUT2D eigenvalue weighted by atomic mass is 15.0. The molecule has 0 aliphatic rings. The normalized spacial score (nSPS) is 10.8. The van der Waals surface area contributed by atoms with E-state index in [1.54, 1.807) is 0 Å². The number of hydrogen-bond acceptors (Lipinski definition) is 0. The number of para-hydroxylation sites is 1. The van der Waals surface area contributed by atoms with E-state index in [2.05, 4.69) is 84.4 Å². The fourth-order valence-corrected chi connectivity index (χ4v) is 4.04. The van der Waals surface area contributed by atoms with E-state index in [0.29, 0.717) is 5.69 Å². The van der Waals surface area contributed by atoms with E-state index < -0.39 is 0 Å². The van der Waals surface area contributed by atoms with Crippen LogP contribution in [0.25, 0.3) is 32.7 Å². The number of rotatable bonds is 2. The average molecular weight is 365 g/mol. The maximum absolute atomic E-state index is 7.63. The van der Waals surface area contributed by atoms with Crippen LogP contribution in [0.2, 0.25) is 0 Å². The van der Waals surface area contributed by atoms with Crippen molar-refractivity contribution in [2.45, 2.75) is 20.8 Å². The summed E-state index contributed by atoms with van der Waals surface area (Å²) in [5, 5.41) is 1.22. The molecule has 0 aliphatic carbocycles. The van der Waals surface area contributed by atoms with E-state index in [1.807, 2.05) is 24.3 Å². The molecule has 0 N–H and O–H groups in total. The van der Waals surface area contributed by atoms with Crippen LogP contribution in [0.15, 0.2) is 66.9 Å². The fourth-order valence-electron chi connectivity index (χ4n) is 4.04. The molecule has 4 rings (SSSR count). The molecule has 0 atom stereocenters. The Morgan fingerprint density at radius 1 is 0.893 bits per heavy atom. The van der Waals surface area contributed by atoms with Crippen molar-refractivity contribution in [2.24, 2.45) is 7.05 Å². The van der Waals surface area contributed by atoms with Crippen molar-refractivity contribution in [3.05, 3.63) is 95.1 Å². The summed E-state index contributed by atoms with van der Waals surface area (Å²) in [6.07, 6.45) is 2.06. The summed E-state index contributed by atoms with van der Waals surface area (Å²) in [5.41, 5.74) is 8.64. The Labute approximate surface area is 166 Å². The standard InChI is InChI=1S/C25H23N3/c1-17-14-20-11-6-7-12-23(20)27(5)25(17)22-15-21(26-4)16-24(19(22)3)28-13-9-8-10-18(28)2/h6-16H,1-3,5H3/q+2. The lowest BCUT2D eigenvalue weighted by Crippen LogP contribution is -2.36. The number of fused-ring (bicyclic) bond motifs is 1. The van der Waals surface area contributed by atoms with Crippen molar-refractivity contribution in [2.75, 3.05) is 0 Å². The number of aromatic nitrogens is 2. The Balaban J connectivity index is 2.07. The van der Waals surface area contributed by atoms with Crippen LogP contribution in [0.4, 0.5) is 5.69 Å². The van der Waals surface area contributed by atoms with Gasteiger partial charge in [-0.05, 0) is 32.0 Å². The molecular formula is C25H23N3+2. The first-order chi connectivity index (χ1) is 13.5. The van der Waals surface area contributed by atoms with Crippen molar-refractivity contribution in [3.63, 3.8) is 0 Å². The number of aryl methyl sites for hydroxylation is 3. The monoisotopic (exact) mass is 365 g/mol. The molecule has 3 nitrogen and oxygen atoms in total. The highest BCUT2D eigenvalue weighted by Gasteiger charge is 2.24. The van der Waals surface area contributed by atoms with E-state index in [0.717, 1.165) is 22.6 Å². The molecule has 0 amide bonds. The van der Waals surface area contributed by atoms with Crippen molar-refractivity contribution < 1.29 is 9.13 Å². The van der Waals surface area contributed by atoms with Gasteiger partial charge in [-0.3, -0.25) is 0 Å². The minimum Gasteiger partial charge on any atom is -0.238 e. The highest BCUT2D eigenvalue weighted by Crippen LogP contribution is 2.32. The molecule has 4 aromatic rings. The van der Waals surface area contributed by atoms with Gasteiger partial charge in [0.25, 0.3) is 0 Å². The second kappa shape index (κ2) is 6.90. The van der Waals surface area contributed by atoms with Gasteiger partial charge in [0.2, 0.25) is 16.9 Å². The van der Waals surface area contributed by atoms with Crippen LogP contribution in [0, 0.1) is 27.3 Å². The zero-order valence-electron chi connectivity index (χ0n) is 16.7. The molecule has 0 spiro atoms. The first-order valence-electron chi connectivity index (χ1n) is 9.40. The van der Waals surface area contributed by atoms with Crippen LogP contribution < -0.4 is 9.13 Å². The highest BCUT2D eigenvalue weighted by molar-refractivity contribution is 5.81. The molecule has 136 valence electrons. The van der Waals surface area contributed by atoms with Gasteiger partial charge in [0, 0.05) is 53.3 Å². The van der Waals surface area contributed by atoms with Crippen molar-refractivity contribution in [1.82, 2.24) is 0 Å². The van der Waals surface area contributed by atoms with Gasteiger partial charge in [-0.25, -0.2) is 4.85 Å². The van der Waals surface area contributed by atoms with Crippen LogP contribution in [0.1, 0.15) is 16.8 Å². The van der Waals surface area contributed by atoms with Gasteiger partial charge in [0.15, 0.2) is 17.6 Å². The zero-order valence-corrected chi connectivity index (χ0v) is 16.7. The third-order valence-corrected chi connectivity index (χ3v) is 5.45. The molecule has 0 saturated heterocycles. The van der Waals surface area contributed by atoms with Crippen LogP contribution in [-0.2, 0) is 7.05 Å². The SMILES string of the molecule is [C-]#[N+]c1cc(-c2c(C)cc3ccccc3[n+]2C)c(C)c(-[n+]2ccccc2C)c1. The number of hydrogen-bond donors (Lipinski definition) is 0. The van der Waals surface area contributed by atoms with Gasteiger partial charge in [-0.15, -0.1) is 0 Å². The summed E-state index contributed by atoms with van der Waals surface area (Å²) in [6, 6.07) is 20.8. The first kappa shape index (κ1) is 17.9. The molecule has 28 heavy (non-hydrogen) atoms. The third kappa shape index (κ3) is 2.84. The van der Waals surface area contributed by atoms with Crippen LogP contribution in [0.5, 0.6) is 0 Å². The maximum Gasteiger partial charge on any atom is 0.214 e. The van der Waals surface area contributed by atoms with Gasteiger partial charge in [0.05, 0.1) is 6.57 Å². The molecular weight excluding hydrogens is 342 g/mol. The van der Waals surface area contributed by atoms with Crippen LogP contribution in [-0.4, -0.2) is 0 Å². The quantitative estimate of drug-likeness (QED) is 0.347. The Bertz CT molecular complexity index is 1260. The molecule has 0 radical (unpaired) electrons. The average Bonchev–Trinajstić information content (AvgIpc) is 2.70. The Morgan fingerprint density at radius 3 is 2.39 bits per heavy atom. The Hall–Kier alpha value is -3.51. The largest absolute Gasteiger partial charge is 0.238 e. The van der Waals surface area contributed by atoms with Gasteiger partial charge in [-0.1, -0.05) is 18.2 Å². The van der Waals surface area contributed by atoms with E-state index in [9.17, 15) is 0 Å². The fraction of sp³-hybridized carbons (Fsp3) is 0.160. The van der Waals surface area contributed by atoms with Crippen molar-refractivity contribution in [3.8, 4) is 16.9 Å². The molecule has 0 bridgehead atoms. The lowest BCUT2D eigenvalue weighted by atomic mass is 9.97. The van der Waals surface area contributed by atoms with Gasteiger partial charge in [0.1, 0.15) is 7.05 Å². The molecule has 0 fully saturated rings. The number of benzene rings is 2. The van der Waals surface area contributed by atoms with E-state index in [-0.39, 0.29) is 0 Å². The predicted octanol–water partition coefficient (Wildman–Crippen LogP) is 5.08. The topological polar surface area (TPSA) is 12.1 Å². The van der Waals surface area contributed by atoms with Crippen LogP contribution >= 0.6 is 0 Å². The number of pyridine rings is 2. The van der Waals surface area contributed by atoms with E-state index >= 15 is 0 Å². The van der Waals surface area contributed by atoms with E-state index in [1.165, 1.54) is 22.0 Å². The molecule has 0 saturated carbocycles. The first-order valence-corrected chi connectivity index (χ1v) is 9.40. The minimum atomic E-state index is 0.652.